The van der Waals surface area contributed by atoms with Crippen LogP contribution in [-0.2, 0) is 6.42 Å². The summed E-state index contributed by atoms with van der Waals surface area (Å²) in [5.41, 5.74) is 2.56. The lowest BCUT2D eigenvalue weighted by atomic mass is 10.1. The zero-order chi connectivity index (χ0) is 17.8. The van der Waals surface area contributed by atoms with Crippen LogP contribution in [0.15, 0.2) is 36.7 Å². The summed E-state index contributed by atoms with van der Waals surface area (Å²) in [5, 5.41) is 3.23. The first kappa shape index (κ1) is 17.4. The molecule has 0 radical (unpaired) electrons. The van der Waals surface area contributed by atoms with Gasteiger partial charge >= 0.3 is 0 Å². The third kappa shape index (κ3) is 3.96. The number of hydrogen-bond donors (Lipinski definition) is 1. The number of nitrogens with one attached hydrogen (secondary N) is 1. The Labute approximate surface area is 148 Å². The molecule has 1 amide bonds. The number of rotatable bonds is 6. The van der Waals surface area contributed by atoms with Crippen LogP contribution in [0.3, 0.4) is 0 Å². The summed E-state index contributed by atoms with van der Waals surface area (Å²) < 4.78 is 0. The lowest BCUT2D eigenvalue weighted by Crippen LogP contribution is -2.36. The van der Waals surface area contributed by atoms with E-state index in [4.69, 9.17) is 0 Å². The average Bonchev–Trinajstić information content (AvgIpc) is 2.94. The van der Waals surface area contributed by atoms with Crippen LogP contribution in [0.4, 0.5) is 11.5 Å². The van der Waals surface area contributed by atoms with Crippen LogP contribution in [0.25, 0.3) is 0 Å². The lowest BCUT2D eigenvalue weighted by Gasteiger charge is -2.22. The molecule has 25 heavy (non-hydrogen) atoms. The highest BCUT2D eigenvalue weighted by Crippen LogP contribution is 2.32. The Morgan fingerprint density at radius 3 is 2.80 bits per heavy atom. The molecular formula is C19H25N5O. The summed E-state index contributed by atoms with van der Waals surface area (Å²) in [6, 6.07) is 8.17. The maximum Gasteiger partial charge on any atom is 0.278 e. The van der Waals surface area contributed by atoms with Crippen LogP contribution in [0.2, 0.25) is 0 Å². The SMILES string of the molecule is CC1Cc2ccccc2N1C(=O)c1cnc(NCCCN(C)C)cn1. The van der Waals surface area contributed by atoms with E-state index in [0.717, 1.165) is 31.6 Å². The lowest BCUT2D eigenvalue weighted by molar-refractivity contribution is 0.0976. The Morgan fingerprint density at radius 2 is 2.08 bits per heavy atom. The van der Waals surface area contributed by atoms with Gasteiger partial charge < -0.3 is 15.1 Å². The van der Waals surface area contributed by atoms with E-state index >= 15 is 0 Å². The third-order valence-electron chi connectivity index (χ3n) is 4.39. The minimum Gasteiger partial charge on any atom is -0.369 e. The molecule has 1 aromatic carbocycles. The number of hydrogen-bond acceptors (Lipinski definition) is 5. The summed E-state index contributed by atoms with van der Waals surface area (Å²) in [5.74, 6) is 0.606. The van der Waals surface area contributed by atoms with Gasteiger partial charge in [-0.2, -0.15) is 0 Å². The van der Waals surface area contributed by atoms with Gasteiger partial charge in [0.15, 0.2) is 0 Å². The van der Waals surface area contributed by atoms with Crippen molar-refractivity contribution in [1.82, 2.24) is 14.9 Å². The number of para-hydroxylation sites is 1. The van der Waals surface area contributed by atoms with E-state index in [1.807, 2.05) is 23.1 Å². The zero-order valence-corrected chi connectivity index (χ0v) is 15.1. The predicted octanol–water partition coefficient (Wildman–Crippen LogP) is 2.43. The van der Waals surface area contributed by atoms with E-state index in [2.05, 4.69) is 47.3 Å². The third-order valence-corrected chi connectivity index (χ3v) is 4.39. The van der Waals surface area contributed by atoms with Gasteiger partial charge in [-0.3, -0.25) is 4.79 Å². The van der Waals surface area contributed by atoms with Crippen molar-refractivity contribution in [2.75, 3.05) is 37.4 Å². The van der Waals surface area contributed by atoms with Gasteiger partial charge in [0.2, 0.25) is 0 Å². The Bertz CT molecular complexity index is 729. The molecule has 132 valence electrons. The highest BCUT2D eigenvalue weighted by atomic mass is 16.2. The van der Waals surface area contributed by atoms with Gasteiger partial charge in [-0.15, -0.1) is 0 Å². The van der Waals surface area contributed by atoms with E-state index in [-0.39, 0.29) is 11.9 Å². The summed E-state index contributed by atoms with van der Waals surface area (Å²) in [6.07, 6.45) is 5.10. The highest BCUT2D eigenvalue weighted by Gasteiger charge is 2.31. The fourth-order valence-electron chi connectivity index (χ4n) is 3.14. The molecule has 6 heteroatoms. The molecule has 1 aliphatic heterocycles. The van der Waals surface area contributed by atoms with Gasteiger partial charge in [0.05, 0.1) is 12.4 Å². The summed E-state index contributed by atoms with van der Waals surface area (Å²) in [6.45, 7) is 3.91. The predicted molar refractivity (Wildman–Crippen MR) is 100 cm³/mol. The van der Waals surface area contributed by atoms with Crippen LogP contribution in [0, 0.1) is 0 Å². The van der Waals surface area contributed by atoms with Crippen molar-refractivity contribution in [3.63, 3.8) is 0 Å². The molecule has 0 bridgehead atoms. The second-order valence-corrected chi connectivity index (χ2v) is 6.73. The van der Waals surface area contributed by atoms with Crippen LogP contribution >= 0.6 is 0 Å². The smallest absolute Gasteiger partial charge is 0.278 e. The van der Waals surface area contributed by atoms with Gasteiger partial charge in [0.25, 0.3) is 5.91 Å². The van der Waals surface area contributed by atoms with Gasteiger partial charge in [0.1, 0.15) is 11.5 Å². The van der Waals surface area contributed by atoms with Gasteiger partial charge in [0, 0.05) is 18.3 Å². The number of aromatic nitrogens is 2. The monoisotopic (exact) mass is 339 g/mol. The van der Waals surface area contributed by atoms with Gasteiger partial charge in [-0.05, 0) is 52.0 Å². The van der Waals surface area contributed by atoms with E-state index < -0.39 is 0 Å². The van der Waals surface area contributed by atoms with Crippen LogP contribution < -0.4 is 10.2 Å². The van der Waals surface area contributed by atoms with E-state index in [1.54, 1.807) is 12.4 Å². The molecule has 0 saturated carbocycles. The first-order valence-corrected chi connectivity index (χ1v) is 8.68. The summed E-state index contributed by atoms with van der Waals surface area (Å²) in [4.78, 5) is 25.5. The van der Waals surface area contributed by atoms with Gasteiger partial charge in [-0.1, -0.05) is 18.2 Å². The minimum atomic E-state index is -0.0934. The molecule has 0 spiro atoms. The van der Waals surface area contributed by atoms with Crippen LogP contribution in [0.1, 0.15) is 29.4 Å². The molecule has 6 nitrogen and oxygen atoms in total. The first-order valence-electron chi connectivity index (χ1n) is 8.68. The molecule has 0 fully saturated rings. The average molecular weight is 339 g/mol. The van der Waals surface area contributed by atoms with Crippen molar-refractivity contribution >= 4 is 17.4 Å². The zero-order valence-electron chi connectivity index (χ0n) is 15.1. The molecule has 1 atom stereocenters. The summed E-state index contributed by atoms with van der Waals surface area (Å²) in [7, 11) is 4.11. The molecule has 1 N–H and O–H groups in total. The Hall–Kier alpha value is -2.47. The quantitative estimate of drug-likeness (QED) is 0.819. The fourth-order valence-corrected chi connectivity index (χ4v) is 3.14. The molecule has 1 unspecified atom stereocenters. The number of amides is 1. The van der Waals surface area contributed by atoms with Gasteiger partial charge in [-0.25, -0.2) is 9.97 Å². The van der Waals surface area contributed by atoms with Crippen LogP contribution in [-0.4, -0.2) is 54.0 Å². The Balaban J connectivity index is 1.65. The van der Waals surface area contributed by atoms with Crippen molar-refractivity contribution in [2.24, 2.45) is 0 Å². The number of benzene rings is 1. The number of fused-ring (bicyclic) bond motifs is 1. The molecular weight excluding hydrogens is 314 g/mol. The summed E-state index contributed by atoms with van der Waals surface area (Å²) >= 11 is 0. The Morgan fingerprint density at radius 1 is 1.28 bits per heavy atom. The molecule has 2 aromatic rings. The second-order valence-electron chi connectivity index (χ2n) is 6.73. The number of nitrogens with zero attached hydrogens (tertiary/aromatic N) is 4. The van der Waals surface area contributed by atoms with Crippen molar-refractivity contribution in [2.45, 2.75) is 25.8 Å². The largest absolute Gasteiger partial charge is 0.369 e. The molecule has 2 heterocycles. The normalized spacial score (nSPS) is 16.2. The molecule has 0 aliphatic carbocycles. The fraction of sp³-hybridized carbons (Fsp3) is 0.421. The molecule has 3 rings (SSSR count). The standard InChI is InChI=1S/C19H25N5O/c1-14-11-15-7-4-5-8-17(15)24(14)19(25)16-12-22-18(13-21-16)20-9-6-10-23(2)3/h4-5,7-8,12-14H,6,9-11H2,1-3H3,(H,20,22). The Kier molecular flexibility index (Phi) is 5.28. The topological polar surface area (TPSA) is 61.4 Å². The van der Waals surface area contributed by atoms with Crippen molar-refractivity contribution in [3.05, 3.63) is 47.9 Å². The second kappa shape index (κ2) is 7.61. The number of carbonyl (C=O) groups excluding carboxylic acids is 1. The van der Waals surface area contributed by atoms with Crippen LogP contribution in [0.5, 0.6) is 0 Å². The number of carbonyl (C=O) groups is 1. The molecule has 1 aliphatic rings. The number of anilines is 2. The first-order chi connectivity index (χ1) is 12.1. The molecule has 1 aromatic heterocycles. The van der Waals surface area contributed by atoms with Crippen molar-refractivity contribution in [3.8, 4) is 0 Å². The highest BCUT2D eigenvalue weighted by molar-refractivity contribution is 6.06. The van der Waals surface area contributed by atoms with E-state index in [1.165, 1.54) is 5.56 Å². The maximum atomic E-state index is 12.9. The van der Waals surface area contributed by atoms with E-state index in [0.29, 0.717) is 11.5 Å². The minimum absolute atomic E-state index is 0.0934. The van der Waals surface area contributed by atoms with Crippen molar-refractivity contribution < 1.29 is 4.79 Å². The van der Waals surface area contributed by atoms with Crippen molar-refractivity contribution in [1.29, 1.82) is 0 Å². The van der Waals surface area contributed by atoms with E-state index in [9.17, 15) is 4.79 Å². The molecule has 0 saturated heterocycles. The maximum absolute atomic E-state index is 12.9.